The highest BCUT2D eigenvalue weighted by Crippen LogP contribution is 2.48. The maximum atomic E-state index is 11.8. The van der Waals surface area contributed by atoms with E-state index >= 15 is 0 Å². The standard InChI is InChI=1S/C33H32O4/c34-21-30-29-15-13-27(19-25(29)11-16-32(30)36)33(26-12-9-24-20-28(35)14-10-23(24)18-26)31-8-4-3-7-22(31)6-2-1-5-17-37-33/h3,5,7,9-19,21,28,30,32,35-36H,1-2,4,6,8,20H2/b17-5-. The number of allylic oxidation sites excluding steroid dienone is 4. The molecule has 188 valence electrons. The van der Waals surface area contributed by atoms with Crippen LogP contribution in [0.25, 0.3) is 12.2 Å². The van der Waals surface area contributed by atoms with Crippen LogP contribution in [0.4, 0.5) is 0 Å². The number of hydrogen-bond donors (Lipinski definition) is 2. The topological polar surface area (TPSA) is 66.8 Å². The third-order valence-corrected chi connectivity index (χ3v) is 8.17. The van der Waals surface area contributed by atoms with Gasteiger partial charge in [0.25, 0.3) is 0 Å². The second-order valence-corrected chi connectivity index (χ2v) is 10.4. The van der Waals surface area contributed by atoms with Crippen LogP contribution in [0.2, 0.25) is 0 Å². The molecular formula is C33H32O4. The summed E-state index contributed by atoms with van der Waals surface area (Å²) in [6.07, 6.45) is 21.0. The molecule has 4 unspecified atom stereocenters. The zero-order valence-electron chi connectivity index (χ0n) is 20.8. The van der Waals surface area contributed by atoms with Gasteiger partial charge in [0.15, 0.2) is 5.60 Å². The van der Waals surface area contributed by atoms with Crippen molar-refractivity contribution in [3.05, 3.63) is 118 Å². The molecule has 0 saturated heterocycles. The average molecular weight is 493 g/mol. The second-order valence-electron chi connectivity index (χ2n) is 10.4. The highest BCUT2D eigenvalue weighted by Gasteiger charge is 2.43. The van der Waals surface area contributed by atoms with Gasteiger partial charge in [0.2, 0.25) is 0 Å². The normalized spacial score (nSPS) is 29.2. The fourth-order valence-electron chi connectivity index (χ4n) is 6.27. The Morgan fingerprint density at radius 1 is 0.892 bits per heavy atom. The third-order valence-electron chi connectivity index (χ3n) is 8.17. The summed E-state index contributed by atoms with van der Waals surface area (Å²) in [5, 5.41) is 20.5. The lowest BCUT2D eigenvalue weighted by Crippen LogP contribution is -2.34. The number of fused-ring (bicyclic) bond motifs is 2. The molecule has 2 N–H and O–H groups in total. The van der Waals surface area contributed by atoms with Crippen LogP contribution in [0, 0.1) is 0 Å². The zero-order chi connectivity index (χ0) is 25.4. The van der Waals surface area contributed by atoms with Crippen molar-refractivity contribution in [2.45, 2.75) is 62.3 Å². The molecule has 4 heteroatoms. The summed E-state index contributed by atoms with van der Waals surface area (Å²) in [5.41, 5.74) is 7.81. The maximum Gasteiger partial charge on any atom is 0.180 e. The molecule has 4 atom stereocenters. The van der Waals surface area contributed by atoms with E-state index in [1.165, 1.54) is 11.1 Å². The molecule has 0 amide bonds. The van der Waals surface area contributed by atoms with E-state index in [1.807, 2.05) is 30.6 Å². The van der Waals surface area contributed by atoms with Gasteiger partial charge < -0.3 is 19.7 Å². The number of carbonyl (C=O) groups excluding carboxylic acids is 1. The van der Waals surface area contributed by atoms with Crippen LogP contribution in [-0.4, -0.2) is 28.7 Å². The minimum Gasteiger partial charge on any atom is -0.481 e. The summed E-state index contributed by atoms with van der Waals surface area (Å²) in [6, 6.07) is 12.6. The van der Waals surface area contributed by atoms with Crippen molar-refractivity contribution in [1.29, 1.82) is 0 Å². The molecule has 3 aliphatic carbocycles. The first-order valence-electron chi connectivity index (χ1n) is 13.3. The van der Waals surface area contributed by atoms with Gasteiger partial charge in [0, 0.05) is 17.5 Å². The van der Waals surface area contributed by atoms with E-state index in [0.29, 0.717) is 6.42 Å². The number of rotatable bonds is 3. The van der Waals surface area contributed by atoms with Gasteiger partial charge in [0.05, 0.1) is 24.4 Å². The fourth-order valence-corrected chi connectivity index (χ4v) is 6.27. The first-order chi connectivity index (χ1) is 18.1. The summed E-state index contributed by atoms with van der Waals surface area (Å²) in [7, 11) is 0. The average Bonchev–Trinajstić information content (AvgIpc) is 3.02. The van der Waals surface area contributed by atoms with Gasteiger partial charge in [-0.05, 0) is 83.7 Å². The van der Waals surface area contributed by atoms with Crippen LogP contribution in [0.1, 0.15) is 71.4 Å². The molecule has 0 bridgehead atoms. The largest absolute Gasteiger partial charge is 0.481 e. The lowest BCUT2D eigenvalue weighted by molar-refractivity contribution is -0.110. The van der Waals surface area contributed by atoms with E-state index < -0.39 is 23.7 Å². The molecule has 2 aromatic carbocycles. The molecular weight excluding hydrogens is 460 g/mol. The fraction of sp³-hybridized carbons (Fsp3) is 0.303. The second kappa shape index (κ2) is 9.77. The van der Waals surface area contributed by atoms with Crippen LogP contribution in [0.15, 0.2) is 84.2 Å². The molecule has 4 aliphatic rings. The number of hydrogen-bond acceptors (Lipinski definition) is 4. The van der Waals surface area contributed by atoms with Crippen LogP contribution in [-0.2, 0) is 21.6 Å². The number of ether oxygens (including phenoxy) is 1. The lowest BCUT2D eigenvalue weighted by atomic mass is 9.72. The van der Waals surface area contributed by atoms with Gasteiger partial charge >= 0.3 is 0 Å². The smallest absolute Gasteiger partial charge is 0.180 e. The Balaban J connectivity index is 1.61. The Hall–Kier alpha value is -3.47. The number of aldehydes is 1. The number of benzene rings is 2. The SMILES string of the molecule is O=CC1c2ccc(C3(c4ccc5c(c4)C=CC(O)C5)O/C=C\CCCC4=C3CCC=C4)cc2C=CC1O. The lowest BCUT2D eigenvalue weighted by Gasteiger charge is -2.40. The van der Waals surface area contributed by atoms with Gasteiger partial charge in [-0.1, -0.05) is 60.7 Å². The Kier molecular flexibility index (Phi) is 6.31. The van der Waals surface area contributed by atoms with Crippen molar-refractivity contribution < 1.29 is 19.7 Å². The summed E-state index contributed by atoms with van der Waals surface area (Å²) < 4.78 is 6.88. The summed E-state index contributed by atoms with van der Waals surface area (Å²) in [4.78, 5) is 11.8. The van der Waals surface area contributed by atoms with Crippen LogP contribution < -0.4 is 0 Å². The van der Waals surface area contributed by atoms with Crippen LogP contribution in [0.5, 0.6) is 0 Å². The molecule has 37 heavy (non-hydrogen) atoms. The minimum absolute atomic E-state index is 0.456. The molecule has 0 fully saturated rings. The minimum atomic E-state index is -0.838. The Labute approximate surface area is 218 Å². The molecule has 0 saturated carbocycles. The van der Waals surface area contributed by atoms with Crippen LogP contribution >= 0.6 is 0 Å². The van der Waals surface area contributed by atoms with E-state index in [0.717, 1.165) is 71.8 Å². The van der Waals surface area contributed by atoms with Gasteiger partial charge in [-0.15, -0.1) is 0 Å². The van der Waals surface area contributed by atoms with Crippen molar-refractivity contribution in [2.24, 2.45) is 0 Å². The van der Waals surface area contributed by atoms with E-state index in [9.17, 15) is 15.0 Å². The number of aliphatic hydroxyl groups is 2. The maximum absolute atomic E-state index is 11.8. The van der Waals surface area contributed by atoms with Crippen molar-refractivity contribution in [3.8, 4) is 0 Å². The van der Waals surface area contributed by atoms with Crippen molar-refractivity contribution in [2.75, 3.05) is 0 Å². The Morgan fingerprint density at radius 3 is 2.57 bits per heavy atom. The Bertz CT molecular complexity index is 1370. The first kappa shape index (κ1) is 23.9. The molecule has 1 heterocycles. The van der Waals surface area contributed by atoms with Crippen LogP contribution in [0.3, 0.4) is 0 Å². The summed E-state index contributed by atoms with van der Waals surface area (Å²) >= 11 is 0. The van der Waals surface area contributed by atoms with Gasteiger partial charge in [-0.25, -0.2) is 0 Å². The van der Waals surface area contributed by atoms with Crippen molar-refractivity contribution in [1.82, 2.24) is 0 Å². The van der Waals surface area contributed by atoms with Crippen molar-refractivity contribution >= 4 is 18.4 Å². The highest BCUT2D eigenvalue weighted by atomic mass is 16.5. The van der Waals surface area contributed by atoms with E-state index in [2.05, 4.69) is 48.6 Å². The zero-order valence-corrected chi connectivity index (χ0v) is 20.8. The number of carbonyl (C=O) groups is 1. The molecule has 6 rings (SSSR count). The highest BCUT2D eigenvalue weighted by molar-refractivity contribution is 5.73. The predicted octanol–water partition coefficient (Wildman–Crippen LogP) is 5.89. The van der Waals surface area contributed by atoms with Gasteiger partial charge in [0.1, 0.15) is 6.29 Å². The quantitative estimate of drug-likeness (QED) is 0.524. The van der Waals surface area contributed by atoms with E-state index in [4.69, 9.17) is 4.74 Å². The molecule has 0 aromatic heterocycles. The van der Waals surface area contributed by atoms with Crippen molar-refractivity contribution in [3.63, 3.8) is 0 Å². The van der Waals surface area contributed by atoms with E-state index in [1.54, 1.807) is 6.08 Å². The molecule has 4 nitrogen and oxygen atoms in total. The molecule has 0 spiro atoms. The predicted molar refractivity (Wildman–Crippen MR) is 146 cm³/mol. The molecule has 0 radical (unpaired) electrons. The van der Waals surface area contributed by atoms with Gasteiger partial charge in [-0.3, -0.25) is 0 Å². The molecule has 2 aromatic rings. The van der Waals surface area contributed by atoms with E-state index in [-0.39, 0.29) is 0 Å². The monoisotopic (exact) mass is 492 g/mol. The summed E-state index contributed by atoms with van der Waals surface area (Å²) in [6.45, 7) is 0. The first-order valence-corrected chi connectivity index (χ1v) is 13.3. The Morgan fingerprint density at radius 2 is 1.70 bits per heavy atom. The van der Waals surface area contributed by atoms with Gasteiger partial charge in [-0.2, -0.15) is 0 Å². The summed E-state index contributed by atoms with van der Waals surface area (Å²) in [5.74, 6) is -0.570. The third kappa shape index (κ3) is 4.14. The molecule has 1 aliphatic heterocycles. The number of aliphatic hydroxyl groups excluding tert-OH is 2.